The van der Waals surface area contributed by atoms with Crippen LogP contribution >= 0.6 is 0 Å². The monoisotopic (exact) mass is 459 g/mol. The SMILES string of the molecule is Nc1ccc(-c2ccc(F)cc2)nc1NC(=O)N1CCN(C(=O)C2C[C@H]2c2ccccc2)CC1. The van der Waals surface area contributed by atoms with E-state index in [0.717, 1.165) is 12.0 Å². The van der Waals surface area contributed by atoms with Gasteiger partial charge in [-0.25, -0.2) is 14.2 Å². The van der Waals surface area contributed by atoms with Crippen LogP contribution in [0.3, 0.4) is 0 Å². The van der Waals surface area contributed by atoms with Crippen LogP contribution in [0.25, 0.3) is 11.3 Å². The van der Waals surface area contributed by atoms with Crippen molar-refractivity contribution < 1.29 is 14.0 Å². The van der Waals surface area contributed by atoms with E-state index in [1.54, 1.807) is 29.2 Å². The minimum absolute atomic E-state index is 0.0426. The zero-order chi connectivity index (χ0) is 23.7. The fraction of sp³-hybridized carbons (Fsp3) is 0.269. The highest BCUT2D eigenvalue weighted by Crippen LogP contribution is 2.48. The smallest absolute Gasteiger partial charge is 0.323 e. The van der Waals surface area contributed by atoms with Crippen molar-refractivity contribution >= 4 is 23.4 Å². The summed E-state index contributed by atoms with van der Waals surface area (Å²) in [7, 11) is 0. The molecular formula is C26H26FN5O2. The van der Waals surface area contributed by atoms with Crippen LogP contribution in [-0.4, -0.2) is 52.9 Å². The average molecular weight is 460 g/mol. The van der Waals surface area contributed by atoms with Crippen LogP contribution < -0.4 is 11.1 Å². The van der Waals surface area contributed by atoms with Gasteiger partial charge in [-0.15, -0.1) is 0 Å². The number of carbonyl (C=O) groups excluding carboxylic acids is 2. The van der Waals surface area contributed by atoms with Gasteiger partial charge in [-0.1, -0.05) is 30.3 Å². The molecule has 2 heterocycles. The molecule has 8 heteroatoms. The van der Waals surface area contributed by atoms with Gasteiger partial charge < -0.3 is 15.5 Å². The van der Waals surface area contributed by atoms with E-state index < -0.39 is 0 Å². The van der Waals surface area contributed by atoms with Crippen molar-refractivity contribution in [3.05, 3.63) is 78.1 Å². The number of anilines is 2. The van der Waals surface area contributed by atoms with Crippen molar-refractivity contribution in [2.24, 2.45) is 5.92 Å². The molecule has 0 spiro atoms. The predicted octanol–water partition coefficient (Wildman–Crippen LogP) is 3.95. The Labute approximate surface area is 197 Å². The quantitative estimate of drug-likeness (QED) is 0.618. The number of hydrogen-bond acceptors (Lipinski definition) is 4. The van der Waals surface area contributed by atoms with Crippen molar-refractivity contribution in [3.8, 4) is 11.3 Å². The summed E-state index contributed by atoms with van der Waals surface area (Å²) in [6.45, 7) is 1.89. The molecule has 1 saturated carbocycles. The molecule has 3 N–H and O–H groups in total. The van der Waals surface area contributed by atoms with E-state index in [1.165, 1.54) is 17.7 Å². The maximum absolute atomic E-state index is 13.2. The molecule has 7 nitrogen and oxygen atoms in total. The van der Waals surface area contributed by atoms with E-state index in [-0.39, 0.29) is 29.5 Å². The maximum Gasteiger partial charge on any atom is 0.323 e. The number of nitrogen functional groups attached to an aromatic ring is 1. The molecule has 34 heavy (non-hydrogen) atoms. The van der Waals surface area contributed by atoms with Crippen molar-refractivity contribution in [1.82, 2.24) is 14.8 Å². The number of urea groups is 1. The standard InChI is InChI=1S/C26H26FN5O2/c27-19-8-6-18(7-9-19)23-11-10-22(28)24(29-23)30-26(34)32-14-12-31(13-15-32)25(33)21-16-20(21)17-4-2-1-3-5-17/h1-11,20-21H,12-16,28H2,(H,29,30,34)/t20-,21?/m0/s1. The summed E-state index contributed by atoms with van der Waals surface area (Å²) in [5.74, 6) is 0.446. The lowest BCUT2D eigenvalue weighted by Crippen LogP contribution is -2.52. The predicted molar refractivity (Wildman–Crippen MR) is 129 cm³/mol. The molecule has 0 bridgehead atoms. The lowest BCUT2D eigenvalue weighted by Gasteiger charge is -2.35. The number of amides is 3. The van der Waals surface area contributed by atoms with Gasteiger partial charge in [0.25, 0.3) is 0 Å². The van der Waals surface area contributed by atoms with E-state index in [4.69, 9.17) is 5.73 Å². The lowest BCUT2D eigenvalue weighted by atomic mass is 10.1. The number of halogens is 1. The molecule has 2 aromatic carbocycles. The number of pyridine rings is 1. The Morgan fingerprint density at radius 3 is 2.29 bits per heavy atom. The molecule has 3 amide bonds. The van der Waals surface area contributed by atoms with Crippen LogP contribution in [0.4, 0.5) is 20.7 Å². The number of nitrogens with two attached hydrogens (primary N) is 1. The molecule has 1 aliphatic heterocycles. The van der Waals surface area contributed by atoms with Gasteiger partial charge in [0.05, 0.1) is 11.4 Å². The third kappa shape index (κ3) is 4.57. The number of nitrogens with zero attached hydrogens (tertiary/aromatic N) is 3. The van der Waals surface area contributed by atoms with Gasteiger partial charge in [0.15, 0.2) is 5.82 Å². The van der Waals surface area contributed by atoms with Crippen LogP contribution in [0.5, 0.6) is 0 Å². The Bertz CT molecular complexity index is 1190. The third-order valence-electron chi connectivity index (χ3n) is 6.51. The maximum atomic E-state index is 13.2. The van der Waals surface area contributed by atoms with Crippen LogP contribution in [0.15, 0.2) is 66.7 Å². The number of nitrogens with one attached hydrogen (secondary N) is 1. The van der Waals surface area contributed by atoms with E-state index in [9.17, 15) is 14.0 Å². The van der Waals surface area contributed by atoms with Gasteiger partial charge in [-0.05, 0) is 54.3 Å². The van der Waals surface area contributed by atoms with Crippen molar-refractivity contribution in [1.29, 1.82) is 0 Å². The summed E-state index contributed by atoms with van der Waals surface area (Å²) in [5.41, 5.74) is 8.88. The van der Waals surface area contributed by atoms with Crippen molar-refractivity contribution in [2.75, 3.05) is 37.2 Å². The second-order valence-electron chi connectivity index (χ2n) is 8.74. The Morgan fingerprint density at radius 1 is 0.912 bits per heavy atom. The topological polar surface area (TPSA) is 91.6 Å². The average Bonchev–Trinajstić information content (AvgIpc) is 3.67. The first kappa shape index (κ1) is 21.9. The highest BCUT2D eigenvalue weighted by atomic mass is 19.1. The summed E-state index contributed by atoms with van der Waals surface area (Å²) < 4.78 is 13.2. The molecule has 2 fully saturated rings. The molecule has 1 unspecified atom stereocenters. The van der Waals surface area contributed by atoms with Gasteiger partial charge in [-0.3, -0.25) is 10.1 Å². The first-order valence-corrected chi connectivity index (χ1v) is 11.4. The summed E-state index contributed by atoms with van der Waals surface area (Å²) in [4.78, 5) is 33.7. The summed E-state index contributed by atoms with van der Waals surface area (Å²) in [6.07, 6.45) is 0.888. The van der Waals surface area contributed by atoms with Gasteiger partial charge in [0.1, 0.15) is 5.82 Å². The van der Waals surface area contributed by atoms with E-state index in [2.05, 4.69) is 22.4 Å². The Kier molecular flexibility index (Phi) is 5.88. The van der Waals surface area contributed by atoms with Gasteiger partial charge in [-0.2, -0.15) is 0 Å². The Morgan fingerprint density at radius 2 is 1.59 bits per heavy atom. The van der Waals surface area contributed by atoms with Crippen LogP contribution in [0.1, 0.15) is 17.9 Å². The van der Waals surface area contributed by atoms with Gasteiger partial charge in [0, 0.05) is 37.7 Å². The third-order valence-corrected chi connectivity index (χ3v) is 6.51. The Balaban J connectivity index is 1.17. The zero-order valence-corrected chi connectivity index (χ0v) is 18.7. The second-order valence-corrected chi connectivity index (χ2v) is 8.74. The molecule has 3 aromatic rings. The number of rotatable bonds is 4. The number of carbonyl (C=O) groups is 2. The largest absolute Gasteiger partial charge is 0.396 e. The number of aromatic nitrogens is 1. The number of benzene rings is 2. The minimum Gasteiger partial charge on any atom is -0.396 e. The van der Waals surface area contributed by atoms with Gasteiger partial charge in [0.2, 0.25) is 5.91 Å². The van der Waals surface area contributed by atoms with Crippen molar-refractivity contribution in [3.63, 3.8) is 0 Å². The summed E-state index contributed by atoms with van der Waals surface area (Å²) in [6, 6.07) is 19.2. The van der Waals surface area contributed by atoms with Gasteiger partial charge >= 0.3 is 6.03 Å². The molecule has 1 aliphatic carbocycles. The Hall–Kier alpha value is -3.94. The van der Waals surface area contributed by atoms with Crippen LogP contribution in [0.2, 0.25) is 0 Å². The number of piperazine rings is 1. The molecule has 0 radical (unpaired) electrons. The van der Waals surface area contributed by atoms with E-state index in [1.807, 2.05) is 23.1 Å². The molecule has 1 aromatic heterocycles. The minimum atomic E-state index is -0.331. The summed E-state index contributed by atoms with van der Waals surface area (Å²) in [5, 5.41) is 2.78. The molecule has 2 aliphatic rings. The van der Waals surface area contributed by atoms with E-state index >= 15 is 0 Å². The van der Waals surface area contributed by atoms with Crippen molar-refractivity contribution in [2.45, 2.75) is 12.3 Å². The van der Waals surface area contributed by atoms with Crippen LogP contribution in [0, 0.1) is 11.7 Å². The first-order chi connectivity index (χ1) is 16.5. The summed E-state index contributed by atoms with van der Waals surface area (Å²) >= 11 is 0. The highest BCUT2D eigenvalue weighted by Gasteiger charge is 2.46. The lowest BCUT2D eigenvalue weighted by molar-refractivity contribution is -0.134. The molecule has 2 atom stereocenters. The normalized spacial score (nSPS) is 19.6. The second kappa shape index (κ2) is 9.13. The fourth-order valence-electron chi connectivity index (χ4n) is 4.43. The van der Waals surface area contributed by atoms with E-state index in [0.29, 0.717) is 43.5 Å². The van der Waals surface area contributed by atoms with Crippen LogP contribution in [-0.2, 0) is 4.79 Å². The zero-order valence-electron chi connectivity index (χ0n) is 18.7. The molecule has 5 rings (SSSR count). The molecule has 174 valence electrons. The number of hydrogen-bond donors (Lipinski definition) is 2. The first-order valence-electron chi connectivity index (χ1n) is 11.4. The fourth-order valence-corrected chi connectivity index (χ4v) is 4.43. The molecular weight excluding hydrogens is 433 g/mol. The highest BCUT2D eigenvalue weighted by molar-refractivity contribution is 5.92. The molecule has 1 saturated heterocycles.